The van der Waals surface area contributed by atoms with Gasteiger partial charge in [0.15, 0.2) is 0 Å². The molecule has 30 heavy (non-hydrogen) atoms. The molecule has 0 atom stereocenters. The Labute approximate surface area is 177 Å². The first kappa shape index (κ1) is 21.3. The molecule has 0 bridgehead atoms. The van der Waals surface area contributed by atoms with Crippen molar-refractivity contribution in [3.05, 3.63) is 106 Å². The van der Waals surface area contributed by atoms with E-state index in [0.717, 1.165) is 22.3 Å². The van der Waals surface area contributed by atoms with Crippen LogP contribution >= 0.6 is 0 Å². The van der Waals surface area contributed by atoms with E-state index in [-0.39, 0.29) is 11.1 Å². The van der Waals surface area contributed by atoms with Gasteiger partial charge in [0.25, 0.3) is 0 Å². The Morgan fingerprint density at radius 1 is 0.633 bits per heavy atom. The third kappa shape index (κ3) is 3.61. The Kier molecular flexibility index (Phi) is 5.53. The molecule has 4 nitrogen and oxygen atoms in total. The second-order valence-electron chi connectivity index (χ2n) is 8.62. The lowest BCUT2D eigenvalue weighted by Gasteiger charge is -2.37. The van der Waals surface area contributed by atoms with Crippen molar-refractivity contribution in [3.8, 4) is 0 Å². The number of primary amides is 2. The number of hydrogen-bond donors (Lipinski definition) is 2. The largest absolute Gasteiger partial charge is 0.366 e. The highest BCUT2D eigenvalue weighted by molar-refractivity contribution is 6.07. The molecular weight excluding hydrogens is 372 g/mol. The smallest absolute Gasteiger partial charge is 0.249 e. The predicted octanol–water partition coefficient (Wildman–Crippen LogP) is 4.54. The van der Waals surface area contributed by atoms with E-state index in [0.29, 0.717) is 0 Å². The Balaban J connectivity index is 2.44. The van der Waals surface area contributed by atoms with Gasteiger partial charge in [0, 0.05) is 10.8 Å². The first-order valence-corrected chi connectivity index (χ1v) is 9.97. The summed E-state index contributed by atoms with van der Waals surface area (Å²) in [5.41, 5.74) is 14.5. The summed E-state index contributed by atoms with van der Waals surface area (Å²) in [6, 6.07) is 23.5. The molecule has 0 unspecified atom stereocenters. The van der Waals surface area contributed by atoms with Crippen LogP contribution in [0.15, 0.2) is 72.8 Å². The maximum Gasteiger partial charge on any atom is 0.249 e. The van der Waals surface area contributed by atoms with E-state index in [2.05, 4.69) is 26.0 Å². The first-order valence-electron chi connectivity index (χ1n) is 9.97. The summed E-state index contributed by atoms with van der Waals surface area (Å²) < 4.78 is 0. The molecule has 0 aromatic heterocycles. The average molecular weight is 401 g/mol. The van der Waals surface area contributed by atoms with Gasteiger partial charge in [0.1, 0.15) is 0 Å². The summed E-state index contributed by atoms with van der Waals surface area (Å²) in [6.45, 7) is 8.30. The van der Waals surface area contributed by atoms with Crippen LogP contribution < -0.4 is 11.5 Å². The van der Waals surface area contributed by atoms with E-state index in [1.165, 1.54) is 0 Å². The van der Waals surface area contributed by atoms with Gasteiger partial charge in [-0.15, -0.1) is 0 Å². The Bertz CT molecular complexity index is 1080. The van der Waals surface area contributed by atoms with Gasteiger partial charge in [-0.2, -0.15) is 0 Å². The van der Waals surface area contributed by atoms with Crippen molar-refractivity contribution in [3.63, 3.8) is 0 Å². The van der Waals surface area contributed by atoms with Crippen LogP contribution in [0.3, 0.4) is 0 Å². The topological polar surface area (TPSA) is 86.2 Å². The molecule has 0 saturated heterocycles. The Hall–Kier alpha value is -3.40. The molecular formula is C26H28N2O2. The molecule has 0 aliphatic rings. The molecule has 0 aliphatic heterocycles. The zero-order valence-corrected chi connectivity index (χ0v) is 17.9. The first-order chi connectivity index (χ1) is 14.1. The van der Waals surface area contributed by atoms with Crippen molar-refractivity contribution in [2.75, 3.05) is 0 Å². The molecule has 2 amide bonds. The van der Waals surface area contributed by atoms with E-state index in [4.69, 9.17) is 11.5 Å². The Morgan fingerprint density at radius 3 is 1.53 bits per heavy atom. The lowest BCUT2D eigenvalue weighted by atomic mass is 9.66. The summed E-state index contributed by atoms with van der Waals surface area (Å²) in [6.07, 6.45) is 0. The molecule has 0 spiro atoms. The minimum Gasteiger partial charge on any atom is -0.366 e. The van der Waals surface area contributed by atoms with Gasteiger partial charge in [0.2, 0.25) is 11.8 Å². The molecule has 0 saturated carbocycles. The number of carbonyl (C=O) groups excluding carboxylic acids is 2. The monoisotopic (exact) mass is 400 g/mol. The quantitative estimate of drug-likeness (QED) is 0.637. The number of nitrogens with two attached hydrogens (primary N) is 2. The van der Waals surface area contributed by atoms with Gasteiger partial charge >= 0.3 is 0 Å². The van der Waals surface area contributed by atoms with E-state index in [9.17, 15) is 9.59 Å². The fraction of sp³-hybridized carbons (Fsp3) is 0.231. The Morgan fingerprint density at radius 2 is 1.10 bits per heavy atom. The van der Waals surface area contributed by atoms with E-state index >= 15 is 0 Å². The maximum absolute atomic E-state index is 12.7. The number of benzene rings is 3. The molecule has 4 N–H and O–H groups in total. The summed E-state index contributed by atoms with van der Waals surface area (Å²) in [5.74, 6) is -1.33. The molecule has 0 fully saturated rings. The molecule has 3 aromatic carbocycles. The molecule has 4 heteroatoms. The van der Waals surface area contributed by atoms with E-state index < -0.39 is 22.6 Å². The lowest BCUT2D eigenvalue weighted by molar-refractivity contribution is 0.0965. The van der Waals surface area contributed by atoms with Gasteiger partial charge < -0.3 is 11.5 Å². The molecule has 3 aromatic rings. The van der Waals surface area contributed by atoms with Crippen LogP contribution in [0, 0.1) is 0 Å². The molecule has 154 valence electrons. The highest BCUT2D eigenvalue weighted by Crippen LogP contribution is 2.43. The van der Waals surface area contributed by atoms with Crippen LogP contribution in [0.2, 0.25) is 0 Å². The average Bonchev–Trinajstić information content (AvgIpc) is 2.73. The fourth-order valence-corrected chi connectivity index (χ4v) is 4.24. The predicted molar refractivity (Wildman–Crippen MR) is 121 cm³/mol. The summed E-state index contributed by atoms with van der Waals surface area (Å²) in [7, 11) is 0. The summed E-state index contributed by atoms with van der Waals surface area (Å²) in [5, 5.41) is 0. The van der Waals surface area contributed by atoms with Crippen molar-refractivity contribution < 1.29 is 9.59 Å². The minimum atomic E-state index is -0.669. The van der Waals surface area contributed by atoms with Gasteiger partial charge in [-0.05, 0) is 28.3 Å². The van der Waals surface area contributed by atoms with Gasteiger partial charge in [-0.3, -0.25) is 9.59 Å². The second kappa shape index (κ2) is 7.79. The minimum absolute atomic E-state index is 0.147. The SMILES string of the molecule is CC(C)(c1ccccc1)c1ccc(C(N)=O)c(C(N)=O)c1C(C)(C)c1ccccc1. The van der Waals surface area contributed by atoms with Crippen molar-refractivity contribution in [1.82, 2.24) is 0 Å². The van der Waals surface area contributed by atoms with Crippen molar-refractivity contribution in [1.29, 1.82) is 0 Å². The third-order valence-electron chi connectivity index (χ3n) is 6.01. The van der Waals surface area contributed by atoms with Crippen LogP contribution in [0.5, 0.6) is 0 Å². The number of amides is 2. The van der Waals surface area contributed by atoms with Crippen molar-refractivity contribution in [2.24, 2.45) is 11.5 Å². The third-order valence-corrected chi connectivity index (χ3v) is 6.01. The number of carbonyl (C=O) groups is 2. The molecule has 0 aliphatic carbocycles. The zero-order valence-electron chi connectivity index (χ0n) is 17.9. The molecule has 3 rings (SSSR count). The molecule has 0 heterocycles. The highest BCUT2D eigenvalue weighted by atomic mass is 16.2. The standard InChI is InChI=1S/C26H28N2O2/c1-25(2,17-11-7-5-8-12-17)20-16-15-19(23(27)29)21(24(28)30)22(20)26(3,4)18-13-9-6-10-14-18/h5-16H,1-4H3,(H2,27,29)(H2,28,30). The van der Waals surface area contributed by atoms with Gasteiger partial charge in [0.05, 0.1) is 11.1 Å². The van der Waals surface area contributed by atoms with Gasteiger partial charge in [-0.25, -0.2) is 0 Å². The van der Waals surface area contributed by atoms with Crippen LogP contribution in [-0.4, -0.2) is 11.8 Å². The molecule has 0 radical (unpaired) electrons. The van der Waals surface area contributed by atoms with Crippen LogP contribution in [0.4, 0.5) is 0 Å². The normalized spacial score (nSPS) is 11.9. The summed E-state index contributed by atoms with van der Waals surface area (Å²) >= 11 is 0. The zero-order chi connectivity index (χ0) is 22.1. The van der Waals surface area contributed by atoms with E-state index in [1.54, 1.807) is 6.07 Å². The van der Waals surface area contributed by atoms with Crippen molar-refractivity contribution in [2.45, 2.75) is 38.5 Å². The second-order valence-corrected chi connectivity index (χ2v) is 8.62. The van der Waals surface area contributed by atoms with Gasteiger partial charge in [-0.1, -0.05) is 94.4 Å². The van der Waals surface area contributed by atoms with Crippen LogP contribution in [-0.2, 0) is 10.8 Å². The van der Waals surface area contributed by atoms with Crippen LogP contribution in [0.1, 0.15) is 70.7 Å². The fourth-order valence-electron chi connectivity index (χ4n) is 4.24. The van der Waals surface area contributed by atoms with E-state index in [1.807, 2.05) is 68.4 Å². The van der Waals surface area contributed by atoms with Crippen molar-refractivity contribution >= 4 is 11.8 Å². The lowest BCUT2D eigenvalue weighted by Crippen LogP contribution is -2.34. The number of rotatable bonds is 6. The summed E-state index contributed by atoms with van der Waals surface area (Å²) in [4.78, 5) is 24.8. The highest BCUT2D eigenvalue weighted by Gasteiger charge is 2.37. The maximum atomic E-state index is 12.7. The van der Waals surface area contributed by atoms with Crippen LogP contribution in [0.25, 0.3) is 0 Å². The number of hydrogen-bond acceptors (Lipinski definition) is 2.